The zero-order chi connectivity index (χ0) is 3.58. The first-order valence-corrected chi connectivity index (χ1v) is 0.548. The zero-order valence-electron chi connectivity index (χ0n) is 2.88. The molecule has 6 heavy (non-hydrogen) atoms. The minimum Gasteiger partial charge on any atom is -0.412 e. The van der Waals surface area contributed by atoms with Gasteiger partial charge in [0, 0.05) is 0 Å². The molecule has 0 aliphatic heterocycles. The first kappa shape index (κ1) is 17.1. The number of nitrogens with zero attached hydrogens (tertiary/aromatic N) is 1. The second-order valence-corrected chi connectivity index (χ2v) is 0.224. The molecule has 0 aromatic carbocycles. The molecule has 0 fully saturated rings. The van der Waals surface area contributed by atoms with Crippen molar-refractivity contribution >= 4 is 0 Å². The van der Waals surface area contributed by atoms with Gasteiger partial charge in [-0.2, -0.15) is 0 Å². The van der Waals surface area contributed by atoms with Crippen molar-refractivity contribution in [2.45, 2.75) is 0 Å². The average Bonchev–Trinajstić information content (AvgIpc) is 0.811. The van der Waals surface area contributed by atoms with E-state index >= 15 is 0 Å². The monoisotopic (exact) mass is 144 g/mol. The summed E-state index contributed by atoms with van der Waals surface area (Å²) in [6.07, 6.45) is 0. The molecule has 6 heteroatoms. The largest absolute Gasteiger partial charge is 2.00 e. The molecule has 5 nitrogen and oxygen atoms in total. The molecule has 0 radical (unpaired) electrons. The summed E-state index contributed by atoms with van der Waals surface area (Å²) in [6.45, 7) is 0. The Labute approximate surface area is 46.1 Å². The maximum atomic E-state index is 8.25. The van der Waals surface area contributed by atoms with Gasteiger partial charge in [0.1, 0.15) is 0 Å². The summed E-state index contributed by atoms with van der Waals surface area (Å²) in [5.41, 5.74) is 0. The van der Waals surface area contributed by atoms with Crippen LogP contribution in [0, 0.1) is 15.3 Å². The van der Waals surface area contributed by atoms with Crippen molar-refractivity contribution in [3.05, 3.63) is 15.3 Å². The topological polar surface area (TPSA) is 97.7 Å². The van der Waals surface area contributed by atoms with Crippen LogP contribution >= 0.6 is 0 Å². The number of hydrogen-bond acceptors (Lipinski definition) is 3. The Bertz CT molecular complexity index is 30.5. The molecular formula is H2NO4Zn+. The predicted molar refractivity (Wildman–Crippen MR) is 14.0 cm³/mol. The van der Waals surface area contributed by atoms with E-state index in [1.54, 1.807) is 0 Å². The minimum absolute atomic E-state index is 0. The SMILES string of the molecule is O.O=[N+]([O-])[O-].[Zn+2]. The molecule has 0 bridgehead atoms. The summed E-state index contributed by atoms with van der Waals surface area (Å²) in [4.78, 5) is 8.25. The van der Waals surface area contributed by atoms with Gasteiger partial charge in [0.15, 0.2) is 0 Å². The van der Waals surface area contributed by atoms with Gasteiger partial charge in [-0.25, -0.2) is 0 Å². The van der Waals surface area contributed by atoms with Gasteiger partial charge in [-0.05, 0) is 0 Å². The first-order chi connectivity index (χ1) is 1.73. The van der Waals surface area contributed by atoms with E-state index in [-0.39, 0.29) is 25.0 Å². The third-order valence-electron chi connectivity index (χ3n) is 0. The van der Waals surface area contributed by atoms with Crippen LogP contribution in [0.2, 0.25) is 0 Å². The standard InChI is InChI=1S/NO3.H2O.Zn/c2-1(3)4;;/h;1H2;/q-1;;+2. The fourth-order valence-electron chi connectivity index (χ4n) is 0. The summed E-state index contributed by atoms with van der Waals surface area (Å²) in [6, 6.07) is 0. The van der Waals surface area contributed by atoms with E-state index in [0.29, 0.717) is 0 Å². The second kappa shape index (κ2) is 8.84. The van der Waals surface area contributed by atoms with Crippen LogP contribution in [0.1, 0.15) is 0 Å². The molecule has 0 aromatic rings. The van der Waals surface area contributed by atoms with Crippen molar-refractivity contribution in [2.24, 2.45) is 0 Å². The van der Waals surface area contributed by atoms with Crippen LogP contribution in [0.4, 0.5) is 0 Å². The molecule has 0 rings (SSSR count). The predicted octanol–water partition coefficient (Wildman–Crippen LogP) is -1.07. The van der Waals surface area contributed by atoms with E-state index in [4.69, 9.17) is 15.3 Å². The van der Waals surface area contributed by atoms with E-state index in [9.17, 15) is 0 Å². The maximum Gasteiger partial charge on any atom is 2.00 e. The Kier molecular flexibility index (Phi) is 25.2. The zero-order valence-corrected chi connectivity index (χ0v) is 5.85. The van der Waals surface area contributed by atoms with Gasteiger partial charge >= 0.3 is 19.5 Å². The van der Waals surface area contributed by atoms with Gasteiger partial charge in [0.2, 0.25) is 0 Å². The number of rotatable bonds is 0. The van der Waals surface area contributed by atoms with E-state index in [0.717, 1.165) is 0 Å². The van der Waals surface area contributed by atoms with Crippen LogP contribution in [0.5, 0.6) is 0 Å². The third kappa shape index (κ3) is 625. The Morgan fingerprint density at radius 3 is 1.33 bits per heavy atom. The van der Waals surface area contributed by atoms with Crippen molar-refractivity contribution in [2.75, 3.05) is 0 Å². The second-order valence-electron chi connectivity index (χ2n) is 0.224. The molecule has 2 N–H and O–H groups in total. The van der Waals surface area contributed by atoms with E-state index < -0.39 is 5.09 Å². The fraction of sp³-hybridized carbons (Fsp3) is 0. The van der Waals surface area contributed by atoms with Crippen molar-refractivity contribution in [3.8, 4) is 0 Å². The molecular weight excluding hydrogens is 143 g/mol. The van der Waals surface area contributed by atoms with Crippen molar-refractivity contribution in [1.29, 1.82) is 0 Å². The Balaban J connectivity index is -0.0000000450. The molecule has 0 saturated heterocycles. The van der Waals surface area contributed by atoms with Crippen molar-refractivity contribution < 1.29 is 30.0 Å². The molecule has 0 heterocycles. The van der Waals surface area contributed by atoms with E-state index in [1.165, 1.54) is 0 Å². The van der Waals surface area contributed by atoms with Gasteiger partial charge in [-0.1, -0.05) is 0 Å². The average molecular weight is 145 g/mol. The smallest absolute Gasteiger partial charge is 0.412 e. The van der Waals surface area contributed by atoms with Crippen molar-refractivity contribution in [1.82, 2.24) is 0 Å². The molecule has 0 aromatic heterocycles. The summed E-state index contributed by atoms with van der Waals surface area (Å²) < 4.78 is 0. The van der Waals surface area contributed by atoms with Gasteiger partial charge in [0.25, 0.3) is 0 Å². The molecule has 0 saturated carbocycles. The minimum atomic E-state index is -1.75. The summed E-state index contributed by atoms with van der Waals surface area (Å²) in [7, 11) is 0. The van der Waals surface area contributed by atoms with Crippen LogP contribution in [0.25, 0.3) is 0 Å². The fourth-order valence-corrected chi connectivity index (χ4v) is 0. The Morgan fingerprint density at radius 1 is 1.33 bits per heavy atom. The molecule has 0 spiro atoms. The first-order valence-electron chi connectivity index (χ1n) is 0.548. The van der Waals surface area contributed by atoms with Crippen LogP contribution < -0.4 is 0 Å². The normalized spacial score (nSPS) is 4.00. The summed E-state index contributed by atoms with van der Waals surface area (Å²) in [5, 5.41) is 14.8. The summed E-state index contributed by atoms with van der Waals surface area (Å²) in [5.74, 6) is 0. The molecule has 0 amide bonds. The van der Waals surface area contributed by atoms with Gasteiger partial charge in [-0.3, -0.25) is 0 Å². The molecule has 32 valence electrons. The molecule has 0 unspecified atom stereocenters. The van der Waals surface area contributed by atoms with Gasteiger partial charge in [0.05, 0.1) is 5.09 Å². The third-order valence-corrected chi connectivity index (χ3v) is 0. The maximum absolute atomic E-state index is 8.25. The van der Waals surface area contributed by atoms with E-state index in [1.807, 2.05) is 0 Å². The Hall–Kier alpha value is -0.217. The molecule has 0 aliphatic carbocycles. The molecule has 0 atom stereocenters. The van der Waals surface area contributed by atoms with Gasteiger partial charge in [-0.15, -0.1) is 0 Å². The quantitative estimate of drug-likeness (QED) is 0.247. The van der Waals surface area contributed by atoms with Crippen LogP contribution in [0.3, 0.4) is 0 Å². The van der Waals surface area contributed by atoms with Crippen LogP contribution in [-0.4, -0.2) is 10.6 Å². The van der Waals surface area contributed by atoms with E-state index in [2.05, 4.69) is 0 Å². The Morgan fingerprint density at radius 2 is 1.33 bits per heavy atom. The summed E-state index contributed by atoms with van der Waals surface area (Å²) >= 11 is 0. The van der Waals surface area contributed by atoms with Crippen LogP contribution in [-0.2, 0) is 19.5 Å². The van der Waals surface area contributed by atoms with Crippen LogP contribution in [0.15, 0.2) is 0 Å². The van der Waals surface area contributed by atoms with Crippen molar-refractivity contribution in [3.63, 3.8) is 0 Å². The number of hydrogen-bond donors (Lipinski definition) is 0. The van der Waals surface area contributed by atoms with Gasteiger partial charge < -0.3 is 20.8 Å². The molecule has 0 aliphatic rings.